The summed E-state index contributed by atoms with van der Waals surface area (Å²) in [4.78, 5) is 17.7. The molecule has 0 saturated heterocycles. The van der Waals surface area contributed by atoms with Crippen molar-refractivity contribution in [3.05, 3.63) is 65.9 Å². The van der Waals surface area contributed by atoms with Gasteiger partial charge in [-0.2, -0.15) is 8.78 Å². The number of ether oxygens (including phenoxy) is 1. The van der Waals surface area contributed by atoms with Crippen molar-refractivity contribution in [2.24, 2.45) is 0 Å². The summed E-state index contributed by atoms with van der Waals surface area (Å²) in [6.45, 7) is 1.31. The maximum atomic E-state index is 14.2. The summed E-state index contributed by atoms with van der Waals surface area (Å²) in [5, 5.41) is 10.8. The second kappa shape index (κ2) is 6.28. The predicted molar refractivity (Wildman–Crippen MR) is 95.6 cm³/mol. The molecular weight excluding hydrogens is 354 g/mol. The highest BCUT2D eigenvalue weighted by atomic mass is 19.3. The fourth-order valence-corrected chi connectivity index (χ4v) is 3.15. The predicted octanol–water partition coefficient (Wildman–Crippen LogP) is 3.81. The summed E-state index contributed by atoms with van der Waals surface area (Å²) in [6.07, 6.45) is -5.04. The van der Waals surface area contributed by atoms with Crippen molar-refractivity contribution in [1.29, 1.82) is 0 Å². The minimum Gasteiger partial charge on any atom is -0.423 e. The molecule has 0 radical (unpaired) electrons. The number of aromatic nitrogens is 1. The lowest BCUT2D eigenvalue weighted by atomic mass is 10.1. The van der Waals surface area contributed by atoms with Gasteiger partial charge in [0.25, 0.3) is 0 Å². The van der Waals surface area contributed by atoms with Crippen LogP contribution in [0.25, 0.3) is 10.9 Å². The Balaban J connectivity index is 1.79. The third-order valence-corrected chi connectivity index (χ3v) is 4.47. The van der Waals surface area contributed by atoms with Gasteiger partial charge >= 0.3 is 12.0 Å². The molecule has 0 spiro atoms. The number of hydrogen-bond donors (Lipinski definition) is 1. The Labute approximate surface area is 153 Å². The molecule has 1 N–H and O–H groups in total. The molecule has 138 valence electrons. The number of fused-ring (bicyclic) bond motifs is 2. The van der Waals surface area contributed by atoms with E-state index in [1.807, 2.05) is 30.3 Å². The first-order valence-corrected chi connectivity index (χ1v) is 8.41. The number of amides is 1. The molecule has 0 saturated carbocycles. The van der Waals surface area contributed by atoms with Crippen molar-refractivity contribution >= 4 is 22.5 Å². The number of halogens is 2. The van der Waals surface area contributed by atoms with Crippen LogP contribution in [0, 0.1) is 0 Å². The van der Waals surface area contributed by atoms with Crippen LogP contribution in [0.2, 0.25) is 0 Å². The molecule has 4 rings (SSSR count). The normalized spacial score (nSPS) is 16.7. The van der Waals surface area contributed by atoms with E-state index in [2.05, 4.69) is 9.72 Å². The average Bonchev–Trinajstić information content (AvgIpc) is 2.64. The number of benzene rings is 2. The highest BCUT2D eigenvalue weighted by molar-refractivity contribution is 6.01. The summed E-state index contributed by atoms with van der Waals surface area (Å²) < 4.78 is 33.1. The first-order valence-electron chi connectivity index (χ1n) is 8.41. The third-order valence-electron chi connectivity index (χ3n) is 4.47. The van der Waals surface area contributed by atoms with Crippen LogP contribution in [0.15, 0.2) is 54.6 Å². The van der Waals surface area contributed by atoms with Crippen LogP contribution >= 0.6 is 0 Å². The van der Waals surface area contributed by atoms with Crippen LogP contribution in [0.1, 0.15) is 24.3 Å². The van der Waals surface area contributed by atoms with E-state index in [0.717, 1.165) is 10.3 Å². The van der Waals surface area contributed by atoms with Gasteiger partial charge in [0.05, 0.1) is 29.5 Å². The van der Waals surface area contributed by atoms with Crippen LogP contribution in [-0.2, 0) is 11.3 Å². The number of aliphatic hydroxyl groups is 1. The summed E-state index contributed by atoms with van der Waals surface area (Å²) in [6, 6.07) is 15.5. The van der Waals surface area contributed by atoms with E-state index < -0.39 is 18.1 Å². The van der Waals surface area contributed by atoms with Gasteiger partial charge < -0.3 is 9.84 Å². The number of aliphatic hydroxyl groups excluding tert-OH is 1. The Hall–Kier alpha value is -3.06. The number of hydrogen-bond acceptors (Lipinski definition) is 4. The largest absolute Gasteiger partial charge is 0.483 e. The standard InChI is InChI=1S/C20H16F2N2O3/c1-12(25)15-6-4-8-17-18(15)27-20(21,22)19(26)24(17)11-14-10-9-13-5-2-3-7-16(13)23-14/h2-10,12,25H,11H2,1H3. The van der Waals surface area contributed by atoms with Gasteiger partial charge in [0.15, 0.2) is 5.75 Å². The lowest BCUT2D eigenvalue weighted by molar-refractivity contribution is -0.193. The van der Waals surface area contributed by atoms with E-state index in [0.29, 0.717) is 11.2 Å². The quantitative estimate of drug-likeness (QED) is 0.762. The molecule has 1 aromatic heterocycles. The number of anilines is 1. The van der Waals surface area contributed by atoms with Crippen molar-refractivity contribution in [3.63, 3.8) is 0 Å². The van der Waals surface area contributed by atoms with Crippen molar-refractivity contribution in [2.75, 3.05) is 4.90 Å². The van der Waals surface area contributed by atoms with Crippen LogP contribution in [0.5, 0.6) is 5.75 Å². The number of carbonyl (C=O) groups is 1. The Morgan fingerprint density at radius 2 is 1.93 bits per heavy atom. The van der Waals surface area contributed by atoms with Gasteiger partial charge in [0, 0.05) is 10.9 Å². The van der Waals surface area contributed by atoms with Gasteiger partial charge in [-0.25, -0.2) is 0 Å². The van der Waals surface area contributed by atoms with E-state index >= 15 is 0 Å². The molecule has 7 heteroatoms. The van der Waals surface area contributed by atoms with Crippen LogP contribution in [0.3, 0.4) is 0 Å². The van der Waals surface area contributed by atoms with Gasteiger partial charge in [0.2, 0.25) is 0 Å². The van der Waals surface area contributed by atoms with Gasteiger partial charge in [-0.3, -0.25) is 14.7 Å². The van der Waals surface area contributed by atoms with E-state index in [-0.39, 0.29) is 23.5 Å². The molecule has 3 aromatic rings. The van der Waals surface area contributed by atoms with Crippen LogP contribution in [-0.4, -0.2) is 22.1 Å². The van der Waals surface area contributed by atoms with Crippen molar-refractivity contribution < 1.29 is 23.4 Å². The smallest absolute Gasteiger partial charge is 0.423 e. The maximum Gasteiger partial charge on any atom is 0.483 e. The Morgan fingerprint density at radius 3 is 2.70 bits per heavy atom. The summed E-state index contributed by atoms with van der Waals surface area (Å²) in [5.74, 6) is -1.66. The van der Waals surface area contributed by atoms with Gasteiger partial charge in [0.1, 0.15) is 0 Å². The summed E-state index contributed by atoms with van der Waals surface area (Å²) >= 11 is 0. The number of pyridine rings is 1. The van der Waals surface area contributed by atoms with E-state index in [1.165, 1.54) is 19.1 Å². The van der Waals surface area contributed by atoms with Gasteiger partial charge in [-0.05, 0) is 25.1 Å². The molecule has 5 nitrogen and oxygen atoms in total. The SMILES string of the molecule is CC(O)c1cccc2c1OC(F)(F)C(=O)N2Cc1ccc2ccccc2n1. The monoisotopic (exact) mass is 370 g/mol. The van der Waals surface area contributed by atoms with E-state index in [1.54, 1.807) is 12.1 Å². The number of carbonyl (C=O) groups excluding carboxylic acids is 1. The molecule has 1 aliphatic rings. The second-order valence-corrected chi connectivity index (χ2v) is 6.38. The third kappa shape index (κ3) is 3.00. The fraction of sp³-hybridized carbons (Fsp3) is 0.200. The zero-order chi connectivity index (χ0) is 19.2. The molecule has 2 aromatic carbocycles. The maximum absolute atomic E-state index is 14.2. The fourth-order valence-electron chi connectivity index (χ4n) is 3.15. The van der Waals surface area contributed by atoms with Crippen molar-refractivity contribution in [2.45, 2.75) is 25.7 Å². The van der Waals surface area contributed by atoms with Crippen molar-refractivity contribution in [1.82, 2.24) is 4.98 Å². The molecule has 1 atom stereocenters. The molecule has 0 fully saturated rings. The van der Waals surface area contributed by atoms with Gasteiger partial charge in [-0.1, -0.05) is 36.4 Å². The molecule has 1 aliphatic heterocycles. The summed E-state index contributed by atoms with van der Waals surface area (Å²) in [5.41, 5.74) is 1.55. The highest BCUT2D eigenvalue weighted by Crippen LogP contribution is 2.44. The Morgan fingerprint density at radius 1 is 1.15 bits per heavy atom. The molecule has 1 amide bonds. The minimum absolute atomic E-state index is 0.140. The second-order valence-electron chi connectivity index (χ2n) is 6.38. The molecule has 0 aliphatic carbocycles. The van der Waals surface area contributed by atoms with Gasteiger partial charge in [-0.15, -0.1) is 0 Å². The number of alkyl halides is 2. The summed E-state index contributed by atoms with van der Waals surface area (Å²) in [7, 11) is 0. The number of rotatable bonds is 3. The molecule has 1 unspecified atom stereocenters. The minimum atomic E-state index is -4.02. The Kier molecular flexibility index (Phi) is 4.04. The zero-order valence-electron chi connectivity index (χ0n) is 14.4. The van der Waals surface area contributed by atoms with Crippen LogP contribution < -0.4 is 9.64 Å². The van der Waals surface area contributed by atoms with E-state index in [4.69, 9.17) is 0 Å². The van der Waals surface area contributed by atoms with Crippen molar-refractivity contribution in [3.8, 4) is 5.75 Å². The average molecular weight is 370 g/mol. The first kappa shape index (κ1) is 17.4. The molecule has 27 heavy (non-hydrogen) atoms. The lowest BCUT2D eigenvalue weighted by Crippen LogP contribution is -2.50. The molecule has 0 bridgehead atoms. The zero-order valence-corrected chi connectivity index (χ0v) is 14.4. The lowest BCUT2D eigenvalue weighted by Gasteiger charge is -2.34. The molecule has 2 heterocycles. The van der Waals surface area contributed by atoms with Crippen LogP contribution in [0.4, 0.5) is 14.5 Å². The molecular formula is C20H16F2N2O3. The Bertz CT molecular complexity index is 1040. The first-order chi connectivity index (χ1) is 12.9. The topological polar surface area (TPSA) is 62.7 Å². The number of para-hydroxylation sites is 2. The van der Waals surface area contributed by atoms with E-state index in [9.17, 15) is 18.7 Å². The number of nitrogens with zero attached hydrogens (tertiary/aromatic N) is 2. The highest BCUT2D eigenvalue weighted by Gasteiger charge is 2.51.